The van der Waals surface area contributed by atoms with Crippen molar-refractivity contribution in [3.05, 3.63) is 0 Å². The Labute approximate surface area is 111 Å². The molecular weight excluding hydrogens is 256 g/mol. The average molecular weight is 276 g/mol. The molecule has 1 heterocycles. The smallest absolute Gasteiger partial charge is 0.378 e. The maximum atomic E-state index is 11.5. The number of carbonyl (C=O) groups is 2. The molecule has 0 amide bonds. The predicted molar refractivity (Wildman–Crippen MR) is 63.3 cm³/mol. The van der Waals surface area contributed by atoms with E-state index in [-0.39, 0.29) is 6.61 Å². The first-order valence-electron chi connectivity index (χ1n) is 6.34. The van der Waals surface area contributed by atoms with E-state index in [9.17, 15) is 19.8 Å². The zero-order chi connectivity index (χ0) is 14.4. The lowest BCUT2D eigenvalue weighted by Gasteiger charge is -2.21. The van der Waals surface area contributed by atoms with E-state index in [2.05, 4.69) is 4.74 Å². The van der Waals surface area contributed by atoms with Gasteiger partial charge in [-0.3, -0.25) is 4.79 Å². The van der Waals surface area contributed by atoms with Crippen LogP contribution in [0.2, 0.25) is 0 Å². The molecule has 7 nitrogen and oxygen atoms in total. The molecule has 1 fully saturated rings. The molecule has 1 aliphatic rings. The van der Waals surface area contributed by atoms with Crippen LogP contribution < -0.4 is 0 Å². The molecule has 4 unspecified atom stereocenters. The monoisotopic (exact) mass is 276 g/mol. The van der Waals surface area contributed by atoms with Crippen LogP contribution in [0.3, 0.4) is 0 Å². The van der Waals surface area contributed by atoms with Crippen LogP contribution in [-0.4, -0.2) is 64.7 Å². The van der Waals surface area contributed by atoms with Gasteiger partial charge in [-0.05, 0) is 6.42 Å². The maximum absolute atomic E-state index is 11.5. The van der Waals surface area contributed by atoms with Crippen molar-refractivity contribution in [2.45, 2.75) is 50.6 Å². The molecule has 0 aromatic rings. The van der Waals surface area contributed by atoms with Gasteiger partial charge >= 0.3 is 5.97 Å². The minimum atomic E-state index is -1.38. The second kappa shape index (κ2) is 7.54. The Morgan fingerprint density at radius 1 is 1.37 bits per heavy atom. The van der Waals surface area contributed by atoms with Crippen molar-refractivity contribution in [2.75, 3.05) is 13.2 Å². The van der Waals surface area contributed by atoms with Gasteiger partial charge in [0.05, 0.1) is 19.3 Å². The number of cyclic esters (lactones) is 1. The van der Waals surface area contributed by atoms with Crippen molar-refractivity contribution < 1.29 is 34.4 Å². The highest BCUT2D eigenvalue weighted by atomic mass is 16.6. The molecule has 0 radical (unpaired) electrons. The minimum absolute atomic E-state index is 0.123. The Kier molecular flexibility index (Phi) is 6.36. The summed E-state index contributed by atoms with van der Waals surface area (Å²) in [6, 6.07) is 0. The number of esters is 1. The Hall–Kier alpha value is -1.02. The van der Waals surface area contributed by atoms with Crippen LogP contribution in [0.5, 0.6) is 0 Å². The van der Waals surface area contributed by atoms with E-state index in [4.69, 9.17) is 9.84 Å². The lowest BCUT2D eigenvalue weighted by Crippen LogP contribution is -2.42. The first-order chi connectivity index (χ1) is 9.01. The van der Waals surface area contributed by atoms with Crippen LogP contribution in [0.4, 0.5) is 0 Å². The Bertz CT molecular complexity index is 317. The van der Waals surface area contributed by atoms with Crippen LogP contribution in [0.25, 0.3) is 0 Å². The third kappa shape index (κ3) is 4.24. The van der Waals surface area contributed by atoms with Crippen LogP contribution >= 0.6 is 0 Å². The summed E-state index contributed by atoms with van der Waals surface area (Å²) in [5, 5.41) is 27.9. The highest BCUT2D eigenvalue weighted by Gasteiger charge is 2.48. The van der Waals surface area contributed by atoms with E-state index in [1.165, 1.54) is 0 Å². The van der Waals surface area contributed by atoms with E-state index in [0.29, 0.717) is 6.42 Å². The Morgan fingerprint density at radius 2 is 2.05 bits per heavy atom. The highest BCUT2D eigenvalue weighted by molar-refractivity contribution is 6.37. The van der Waals surface area contributed by atoms with Crippen LogP contribution in [0.15, 0.2) is 0 Å². The molecule has 0 aromatic carbocycles. The number of aliphatic hydroxyl groups excluding tert-OH is 3. The molecular formula is C12H20O7. The largest absolute Gasteiger partial charge is 0.450 e. The fraction of sp³-hybridized carbons (Fsp3) is 0.833. The number of aliphatic hydroxyl groups is 3. The molecule has 0 spiro atoms. The van der Waals surface area contributed by atoms with Gasteiger partial charge in [-0.1, -0.05) is 19.8 Å². The van der Waals surface area contributed by atoms with Crippen LogP contribution in [0, 0.1) is 0 Å². The molecule has 3 N–H and O–H groups in total. The third-order valence-corrected chi connectivity index (χ3v) is 2.93. The van der Waals surface area contributed by atoms with E-state index in [1.807, 2.05) is 6.92 Å². The molecule has 0 bridgehead atoms. The van der Waals surface area contributed by atoms with Gasteiger partial charge in [0.1, 0.15) is 6.10 Å². The Balaban J connectivity index is 2.52. The summed E-state index contributed by atoms with van der Waals surface area (Å²) >= 11 is 0. The number of ketones is 1. The van der Waals surface area contributed by atoms with E-state index >= 15 is 0 Å². The fourth-order valence-electron chi connectivity index (χ4n) is 1.80. The van der Waals surface area contributed by atoms with Gasteiger partial charge in [0.2, 0.25) is 0 Å². The molecule has 1 rings (SSSR count). The first-order valence-corrected chi connectivity index (χ1v) is 6.34. The minimum Gasteiger partial charge on any atom is -0.450 e. The summed E-state index contributed by atoms with van der Waals surface area (Å²) in [6.07, 6.45) is -2.34. The zero-order valence-electron chi connectivity index (χ0n) is 10.8. The van der Waals surface area contributed by atoms with Gasteiger partial charge in [-0.2, -0.15) is 0 Å². The molecule has 0 saturated carbocycles. The number of rotatable bonds is 8. The summed E-state index contributed by atoms with van der Waals surface area (Å²) in [4.78, 5) is 22.6. The molecule has 1 aliphatic heterocycles. The van der Waals surface area contributed by atoms with Gasteiger partial charge < -0.3 is 24.8 Å². The number of ether oxygens (including phenoxy) is 2. The van der Waals surface area contributed by atoms with Gasteiger partial charge in [0, 0.05) is 0 Å². The number of Topliss-reactive ketones (excluding diaryl/α,β-unsaturated/α-hetero) is 1. The SMILES string of the molecule is CCCCC(O)COC1C(=O)C(=O)OC1C(O)CO. The normalized spacial score (nSPS) is 26.3. The quantitative estimate of drug-likeness (QED) is 0.376. The van der Waals surface area contributed by atoms with Crippen molar-refractivity contribution in [2.24, 2.45) is 0 Å². The van der Waals surface area contributed by atoms with Gasteiger partial charge in [0.15, 0.2) is 12.2 Å². The molecule has 4 atom stereocenters. The summed E-state index contributed by atoms with van der Waals surface area (Å²) in [5.41, 5.74) is 0. The van der Waals surface area contributed by atoms with Crippen molar-refractivity contribution in [3.8, 4) is 0 Å². The predicted octanol–water partition coefficient (Wildman–Crippen LogP) is -1.23. The van der Waals surface area contributed by atoms with Crippen molar-refractivity contribution in [3.63, 3.8) is 0 Å². The average Bonchev–Trinajstić information content (AvgIpc) is 2.69. The van der Waals surface area contributed by atoms with Crippen molar-refractivity contribution in [1.82, 2.24) is 0 Å². The molecule has 110 valence electrons. The van der Waals surface area contributed by atoms with Crippen molar-refractivity contribution >= 4 is 11.8 Å². The fourth-order valence-corrected chi connectivity index (χ4v) is 1.80. The molecule has 19 heavy (non-hydrogen) atoms. The number of unbranched alkanes of at least 4 members (excludes halogenated alkanes) is 1. The lowest BCUT2D eigenvalue weighted by atomic mass is 10.1. The van der Waals surface area contributed by atoms with E-state index in [1.54, 1.807) is 0 Å². The number of carbonyl (C=O) groups excluding carboxylic acids is 2. The second-order valence-corrected chi connectivity index (χ2v) is 4.53. The van der Waals surface area contributed by atoms with Gasteiger partial charge in [-0.15, -0.1) is 0 Å². The highest BCUT2D eigenvalue weighted by Crippen LogP contribution is 2.19. The van der Waals surface area contributed by atoms with Crippen molar-refractivity contribution in [1.29, 1.82) is 0 Å². The molecule has 0 aliphatic carbocycles. The van der Waals surface area contributed by atoms with Gasteiger partial charge in [0.25, 0.3) is 5.78 Å². The topological polar surface area (TPSA) is 113 Å². The van der Waals surface area contributed by atoms with Crippen LogP contribution in [-0.2, 0) is 19.1 Å². The molecule has 1 saturated heterocycles. The standard InChI is InChI=1S/C12H20O7/c1-2-3-4-7(14)6-18-11-9(16)12(17)19-10(11)8(15)5-13/h7-8,10-11,13-15H,2-6H2,1H3. The Morgan fingerprint density at radius 3 is 2.63 bits per heavy atom. The number of hydrogen-bond acceptors (Lipinski definition) is 7. The van der Waals surface area contributed by atoms with Gasteiger partial charge in [-0.25, -0.2) is 4.79 Å². The summed E-state index contributed by atoms with van der Waals surface area (Å²) < 4.78 is 9.81. The van der Waals surface area contributed by atoms with E-state index < -0.39 is 42.8 Å². The first kappa shape index (κ1) is 16.0. The second-order valence-electron chi connectivity index (χ2n) is 4.53. The number of hydrogen-bond donors (Lipinski definition) is 3. The maximum Gasteiger partial charge on any atom is 0.378 e. The summed E-state index contributed by atoms with van der Waals surface area (Å²) in [7, 11) is 0. The van der Waals surface area contributed by atoms with E-state index in [0.717, 1.165) is 12.8 Å². The molecule has 0 aromatic heterocycles. The third-order valence-electron chi connectivity index (χ3n) is 2.93. The summed E-state index contributed by atoms with van der Waals surface area (Å²) in [5.74, 6) is -1.99. The zero-order valence-corrected chi connectivity index (χ0v) is 10.8. The molecule has 7 heteroatoms. The summed E-state index contributed by atoms with van der Waals surface area (Å²) in [6.45, 7) is 1.21. The van der Waals surface area contributed by atoms with Crippen LogP contribution in [0.1, 0.15) is 26.2 Å². The lowest BCUT2D eigenvalue weighted by molar-refractivity contribution is -0.152.